The van der Waals surface area contributed by atoms with Crippen molar-refractivity contribution in [1.29, 1.82) is 0 Å². The highest BCUT2D eigenvalue weighted by Gasteiger charge is 2.38. The summed E-state index contributed by atoms with van der Waals surface area (Å²) >= 11 is 0. The Morgan fingerprint density at radius 1 is 1.24 bits per heavy atom. The number of hydrogen-bond donors (Lipinski definition) is 2. The number of carbonyl (C=O) groups excluding carboxylic acids is 1. The molecule has 1 amide bonds. The summed E-state index contributed by atoms with van der Waals surface area (Å²) in [6.45, 7) is 1.28. The SMILES string of the molecule is CCCCc1ccc(CC(=O)NCC(O)C(F)(F)F)cc1. The maximum absolute atomic E-state index is 12.1. The Morgan fingerprint density at radius 2 is 1.81 bits per heavy atom. The fourth-order valence-corrected chi connectivity index (χ4v) is 1.78. The molecule has 0 aliphatic rings. The maximum atomic E-state index is 12.1. The Hall–Kier alpha value is -1.56. The molecule has 0 aliphatic heterocycles. The minimum atomic E-state index is -4.71. The van der Waals surface area contributed by atoms with Crippen LogP contribution in [0.1, 0.15) is 30.9 Å². The molecule has 0 saturated carbocycles. The normalized spacial score (nSPS) is 13.0. The van der Waals surface area contributed by atoms with Crippen LogP contribution in [0.3, 0.4) is 0 Å². The zero-order valence-electron chi connectivity index (χ0n) is 11.9. The van der Waals surface area contributed by atoms with Gasteiger partial charge in [-0.1, -0.05) is 37.6 Å². The van der Waals surface area contributed by atoms with Crippen molar-refractivity contribution in [2.75, 3.05) is 6.54 Å². The Kier molecular flexibility index (Phi) is 6.68. The van der Waals surface area contributed by atoms with E-state index in [-0.39, 0.29) is 6.42 Å². The molecule has 1 atom stereocenters. The number of aliphatic hydroxyl groups is 1. The van der Waals surface area contributed by atoms with Crippen LogP contribution < -0.4 is 5.32 Å². The summed E-state index contributed by atoms with van der Waals surface area (Å²) in [5.41, 5.74) is 1.91. The van der Waals surface area contributed by atoms with E-state index < -0.39 is 24.7 Å². The number of halogens is 3. The molecule has 1 rings (SSSR count). The minimum Gasteiger partial charge on any atom is -0.382 e. The first-order valence-electron chi connectivity index (χ1n) is 6.92. The van der Waals surface area contributed by atoms with E-state index in [2.05, 4.69) is 12.2 Å². The van der Waals surface area contributed by atoms with E-state index in [0.717, 1.165) is 24.8 Å². The van der Waals surface area contributed by atoms with E-state index in [1.807, 2.05) is 12.1 Å². The van der Waals surface area contributed by atoms with Crippen molar-refractivity contribution in [3.8, 4) is 0 Å². The lowest BCUT2D eigenvalue weighted by Gasteiger charge is -2.15. The van der Waals surface area contributed by atoms with Crippen LogP contribution in [0, 0.1) is 0 Å². The number of benzene rings is 1. The number of aryl methyl sites for hydroxylation is 1. The Bertz CT molecular complexity index is 443. The Labute approximate surface area is 122 Å². The molecule has 118 valence electrons. The fraction of sp³-hybridized carbons (Fsp3) is 0.533. The zero-order valence-corrected chi connectivity index (χ0v) is 11.9. The number of amides is 1. The van der Waals surface area contributed by atoms with Crippen molar-refractivity contribution >= 4 is 5.91 Å². The standard InChI is InChI=1S/C15H20F3NO2/c1-2-3-4-11-5-7-12(8-6-11)9-14(21)19-10-13(20)15(16,17)18/h5-8,13,20H,2-4,9-10H2,1H3,(H,19,21). The highest BCUT2D eigenvalue weighted by atomic mass is 19.4. The third-order valence-corrected chi connectivity index (χ3v) is 3.08. The number of rotatable bonds is 7. The summed E-state index contributed by atoms with van der Waals surface area (Å²) < 4.78 is 36.2. The van der Waals surface area contributed by atoms with E-state index in [0.29, 0.717) is 0 Å². The highest BCUT2D eigenvalue weighted by Crippen LogP contribution is 2.19. The third kappa shape index (κ3) is 6.62. The maximum Gasteiger partial charge on any atom is 0.416 e. The molecule has 6 heteroatoms. The fourth-order valence-electron chi connectivity index (χ4n) is 1.78. The second-order valence-electron chi connectivity index (χ2n) is 4.96. The van der Waals surface area contributed by atoms with Crippen molar-refractivity contribution in [3.05, 3.63) is 35.4 Å². The molecule has 0 aliphatic carbocycles. The van der Waals surface area contributed by atoms with E-state index in [4.69, 9.17) is 5.11 Å². The van der Waals surface area contributed by atoms with Crippen LogP contribution in [0.2, 0.25) is 0 Å². The van der Waals surface area contributed by atoms with Crippen LogP contribution in [-0.2, 0) is 17.6 Å². The van der Waals surface area contributed by atoms with Crippen molar-refractivity contribution in [2.24, 2.45) is 0 Å². The smallest absolute Gasteiger partial charge is 0.382 e. The van der Waals surface area contributed by atoms with E-state index in [1.54, 1.807) is 12.1 Å². The van der Waals surface area contributed by atoms with Crippen molar-refractivity contribution in [2.45, 2.75) is 44.9 Å². The lowest BCUT2D eigenvalue weighted by atomic mass is 10.0. The average Bonchev–Trinajstić information content (AvgIpc) is 2.43. The first-order chi connectivity index (χ1) is 9.82. The minimum absolute atomic E-state index is 0.00135. The molecular formula is C15H20F3NO2. The number of hydrogen-bond acceptors (Lipinski definition) is 2. The molecule has 0 bridgehead atoms. The van der Waals surface area contributed by atoms with Gasteiger partial charge in [0.25, 0.3) is 0 Å². The second kappa shape index (κ2) is 8.02. The van der Waals surface area contributed by atoms with Gasteiger partial charge in [-0.2, -0.15) is 13.2 Å². The van der Waals surface area contributed by atoms with Gasteiger partial charge < -0.3 is 10.4 Å². The van der Waals surface area contributed by atoms with Crippen LogP contribution >= 0.6 is 0 Å². The summed E-state index contributed by atoms with van der Waals surface area (Å²) in [5.74, 6) is -0.542. The van der Waals surface area contributed by atoms with Gasteiger partial charge in [0.1, 0.15) is 0 Å². The zero-order chi connectivity index (χ0) is 15.9. The largest absolute Gasteiger partial charge is 0.416 e. The monoisotopic (exact) mass is 303 g/mol. The highest BCUT2D eigenvalue weighted by molar-refractivity contribution is 5.78. The van der Waals surface area contributed by atoms with Crippen molar-refractivity contribution < 1.29 is 23.1 Å². The molecule has 2 N–H and O–H groups in total. The van der Waals surface area contributed by atoms with Gasteiger partial charge in [-0.15, -0.1) is 0 Å². The quantitative estimate of drug-likeness (QED) is 0.813. The Balaban J connectivity index is 2.41. The van der Waals surface area contributed by atoms with Crippen LogP contribution in [0.5, 0.6) is 0 Å². The molecule has 0 heterocycles. The van der Waals surface area contributed by atoms with E-state index >= 15 is 0 Å². The summed E-state index contributed by atoms with van der Waals surface area (Å²) in [6.07, 6.45) is -4.08. The number of unbranched alkanes of at least 4 members (excludes halogenated alkanes) is 1. The van der Waals surface area contributed by atoms with E-state index in [9.17, 15) is 18.0 Å². The number of aliphatic hydroxyl groups excluding tert-OH is 1. The topological polar surface area (TPSA) is 49.3 Å². The lowest BCUT2D eigenvalue weighted by molar-refractivity contribution is -0.201. The van der Waals surface area contributed by atoms with Crippen molar-refractivity contribution in [3.63, 3.8) is 0 Å². The number of alkyl halides is 3. The molecule has 1 aromatic rings. The molecule has 0 aromatic heterocycles. The second-order valence-corrected chi connectivity index (χ2v) is 4.96. The predicted molar refractivity (Wildman–Crippen MR) is 73.8 cm³/mol. The summed E-state index contributed by atoms with van der Waals surface area (Å²) in [4.78, 5) is 11.5. The predicted octanol–water partition coefficient (Wildman–Crippen LogP) is 2.61. The molecule has 0 radical (unpaired) electrons. The molecule has 21 heavy (non-hydrogen) atoms. The van der Waals surface area contributed by atoms with Gasteiger partial charge >= 0.3 is 6.18 Å². The first kappa shape index (κ1) is 17.5. The summed E-state index contributed by atoms with van der Waals surface area (Å²) in [5, 5.41) is 10.9. The molecule has 0 spiro atoms. The van der Waals surface area contributed by atoms with Gasteiger partial charge in [-0.05, 0) is 24.0 Å². The van der Waals surface area contributed by atoms with Gasteiger partial charge in [0.15, 0.2) is 6.10 Å². The van der Waals surface area contributed by atoms with E-state index in [1.165, 1.54) is 5.56 Å². The van der Waals surface area contributed by atoms with Gasteiger partial charge in [-0.3, -0.25) is 4.79 Å². The Morgan fingerprint density at radius 3 is 2.33 bits per heavy atom. The van der Waals surface area contributed by atoms with Gasteiger partial charge in [0, 0.05) is 0 Å². The summed E-state index contributed by atoms with van der Waals surface area (Å²) in [6, 6.07) is 7.43. The average molecular weight is 303 g/mol. The number of nitrogens with one attached hydrogen (secondary N) is 1. The van der Waals surface area contributed by atoms with Gasteiger partial charge in [-0.25, -0.2) is 0 Å². The van der Waals surface area contributed by atoms with Crippen LogP contribution in [0.25, 0.3) is 0 Å². The molecule has 0 saturated heterocycles. The van der Waals surface area contributed by atoms with Gasteiger partial charge in [0.05, 0.1) is 13.0 Å². The summed E-state index contributed by atoms with van der Waals surface area (Å²) in [7, 11) is 0. The molecular weight excluding hydrogens is 283 g/mol. The molecule has 3 nitrogen and oxygen atoms in total. The third-order valence-electron chi connectivity index (χ3n) is 3.08. The van der Waals surface area contributed by atoms with Crippen molar-refractivity contribution in [1.82, 2.24) is 5.32 Å². The van der Waals surface area contributed by atoms with Crippen LogP contribution in [0.15, 0.2) is 24.3 Å². The lowest BCUT2D eigenvalue weighted by Crippen LogP contribution is -2.41. The van der Waals surface area contributed by atoms with Crippen LogP contribution in [0.4, 0.5) is 13.2 Å². The number of carbonyl (C=O) groups is 1. The molecule has 0 fully saturated rings. The molecule has 1 unspecified atom stereocenters. The van der Waals surface area contributed by atoms with Crippen LogP contribution in [-0.4, -0.2) is 29.8 Å². The first-order valence-corrected chi connectivity index (χ1v) is 6.92. The molecule has 1 aromatic carbocycles. The van der Waals surface area contributed by atoms with Gasteiger partial charge in [0.2, 0.25) is 5.91 Å².